The molecule has 0 radical (unpaired) electrons. The van der Waals surface area contributed by atoms with Crippen LogP contribution in [-0.2, 0) is 6.54 Å². The predicted molar refractivity (Wildman–Crippen MR) is 54.6 cm³/mol. The lowest BCUT2D eigenvalue weighted by molar-refractivity contribution is 0.625. The summed E-state index contributed by atoms with van der Waals surface area (Å²) in [6.07, 6.45) is 5.07. The zero-order valence-corrected chi connectivity index (χ0v) is 8.57. The summed E-state index contributed by atoms with van der Waals surface area (Å²) in [6.45, 7) is 1.16. The molecule has 0 aliphatic rings. The second-order valence-electron chi connectivity index (χ2n) is 2.54. The van der Waals surface area contributed by atoms with E-state index in [1.165, 1.54) is 12.1 Å². The van der Waals surface area contributed by atoms with Crippen LogP contribution in [0.4, 0.5) is 4.39 Å². The molecule has 1 aromatic rings. The summed E-state index contributed by atoms with van der Waals surface area (Å²) in [5, 5.41) is 3.02. The molecule has 68 valence electrons. The van der Waals surface area contributed by atoms with Crippen LogP contribution in [0.3, 0.4) is 0 Å². The van der Waals surface area contributed by atoms with Crippen LogP contribution >= 0.6 is 15.9 Å². The Kier molecular flexibility index (Phi) is 3.94. The van der Waals surface area contributed by atoms with Crippen LogP contribution in [0.5, 0.6) is 0 Å². The van der Waals surface area contributed by atoms with Gasteiger partial charge < -0.3 is 5.32 Å². The van der Waals surface area contributed by atoms with Crippen molar-refractivity contribution < 1.29 is 4.39 Å². The Bertz CT molecular complexity index is 330. The molecule has 0 aromatic heterocycles. The maximum Gasteiger partial charge on any atom is 0.124 e. The normalized spacial score (nSPS) is 9.62. The van der Waals surface area contributed by atoms with Crippen molar-refractivity contribution >= 4 is 15.9 Å². The lowest BCUT2D eigenvalue weighted by Crippen LogP contribution is -2.13. The number of terminal acetylenes is 1. The summed E-state index contributed by atoms with van der Waals surface area (Å²) in [6, 6.07) is 4.59. The molecule has 0 heterocycles. The fourth-order valence-corrected chi connectivity index (χ4v) is 1.43. The third-order valence-electron chi connectivity index (χ3n) is 1.56. The van der Waals surface area contributed by atoms with Gasteiger partial charge in [0.25, 0.3) is 0 Å². The Labute approximate surface area is 85.5 Å². The van der Waals surface area contributed by atoms with Crippen molar-refractivity contribution in [3.8, 4) is 12.3 Å². The largest absolute Gasteiger partial charge is 0.302 e. The van der Waals surface area contributed by atoms with Gasteiger partial charge in [0.05, 0.1) is 6.54 Å². The predicted octanol–water partition coefficient (Wildman–Crippen LogP) is 2.31. The fourth-order valence-electron chi connectivity index (χ4n) is 0.934. The van der Waals surface area contributed by atoms with E-state index in [1.807, 2.05) is 0 Å². The maximum atomic E-state index is 12.7. The van der Waals surface area contributed by atoms with Gasteiger partial charge in [0, 0.05) is 11.0 Å². The first-order chi connectivity index (χ1) is 6.24. The molecule has 1 rings (SSSR count). The highest BCUT2D eigenvalue weighted by atomic mass is 79.9. The molecule has 0 atom stereocenters. The lowest BCUT2D eigenvalue weighted by Gasteiger charge is -2.03. The number of benzene rings is 1. The van der Waals surface area contributed by atoms with Crippen molar-refractivity contribution in [2.24, 2.45) is 0 Å². The van der Waals surface area contributed by atoms with Crippen molar-refractivity contribution in [2.75, 3.05) is 6.54 Å². The Balaban J connectivity index is 2.62. The molecular formula is C10H9BrFN. The molecule has 1 N–H and O–H groups in total. The van der Waals surface area contributed by atoms with Gasteiger partial charge in [-0.25, -0.2) is 4.39 Å². The minimum Gasteiger partial charge on any atom is -0.302 e. The molecule has 0 aliphatic carbocycles. The molecular weight excluding hydrogens is 233 g/mol. The summed E-state index contributed by atoms with van der Waals surface area (Å²) in [5.41, 5.74) is 0.997. The number of hydrogen-bond donors (Lipinski definition) is 1. The first kappa shape index (κ1) is 10.2. The maximum absolute atomic E-state index is 12.7. The van der Waals surface area contributed by atoms with Crippen LogP contribution in [0.15, 0.2) is 22.7 Å². The number of hydrogen-bond acceptors (Lipinski definition) is 1. The third kappa shape index (κ3) is 3.17. The second kappa shape index (κ2) is 5.00. The SMILES string of the molecule is C#CCNCc1ccc(F)cc1Br. The fraction of sp³-hybridized carbons (Fsp3) is 0.200. The molecule has 0 amide bonds. The minimum atomic E-state index is -0.243. The third-order valence-corrected chi connectivity index (χ3v) is 2.30. The van der Waals surface area contributed by atoms with Crippen LogP contribution < -0.4 is 5.32 Å². The van der Waals surface area contributed by atoms with Crippen LogP contribution in [0, 0.1) is 18.2 Å². The highest BCUT2D eigenvalue weighted by Gasteiger charge is 1.99. The van der Waals surface area contributed by atoms with E-state index in [9.17, 15) is 4.39 Å². The lowest BCUT2D eigenvalue weighted by atomic mass is 10.2. The van der Waals surface area contributed by atoms with Crippen molar-refractivity contribution in [1.82, 2.24) is 5.32 Å². The number of halogens is 2. The van der Waals surface area contributed by atoms with Crippen molar-refractivity contribution in [3.05, 3.63) is 34.1 Å². The minimum absolute atomic E-state index is 0.243. The van der Waals surface area contributed by atoms with Crippen LogP contribution in [0.1, 0.15) is 5.56 Å². The topological polar surface area (TPSA) is 12.0 Å². The zero-order valence-electron chi connectivity index (χ0n) is 6.98. The standard InChI is InChI=1S/C10H9BrFN/c1-2-5-13-7-8-3-4-9(12)6-10(8)11/h1,3-4,6,13H,5,7H2. The highest BCUT2D eigenvalue weighted by molar-refractivity contribution is 9.10. The van der Waals surface area contributed by atoms with E-state index in [4.69, 9.17) is 6.42 Å². The monoisotopic (exact) mass is 241 g/mol. The molecule has 0 bridgehead atoms. The Morgan fingerprint density at radius 3 is 2.92 bits per heavy atom. The van der Waals surface area contributed by atoms with Gasteiger partial charge >= 0.3 is 0 Å². The van der Waals surface area contributed by atoms with E-state index in [0.717, 1.165) is 10.0 Å². The first-order valence-corrected chi connectivity index (χ1v) is 4.61. The Morgan fingerprint density at radius 1 is 1.54 bits per heavy atom. The average molecular weight is 242 g/mol. The molecule has 1 aromatic carbocycles. The van der Waals surface area contributed by atoms with Crippen molar-refractivity contribution in [1.29, 1.82) is 0 Å². The van der Waals surface area contributed by atoms with Gasteiger partial charge in [-0.1, -0.05) is 27.9 Å². The van der Waals surface area contributed by atoms with E-state index < -0.39 is 0 Å². The quantitative estimate of drug-likeness (QED) is 0.633. The van der Waals surface area contributed by atoms with Gasteiger partial charge in [-0.15, -0.1) is 6.42 Å². The van der Waals surface area contributed by atoms with Gasteiger partial charge in [0.1, 0.15) is 5.82 Å². The van der Waals surface area contributed by atoms with Gasteiger partial charge in [-0.05, 0) is 17.7 Å². The van der Waals surface area contributed by atoms with E-state index in [0.29, 0.717) is 13.1 Å². The van der Waals surface area contributed by atoms with E-state index in [2.05, 4.69) is 27.2 Å². The van der Waals surface area contributed by atoms with Crippen LogP contribution in [0.25, 0.3) is 0 Å². The first-order valence-electron chi connectivity index (χ1n) is 3.82. The number of nitrogens with one attached hydrogen (secondary N) is 1. The van der Waals surface area contributed by atoms with E-state index >= 15 is 0 Å². The van der Waals surface area contributed by atoms with Crippen molar-refractivity contribution in [2.45, 2.75) is 6.54 Å². The highest BCUT2D eigenvalue weighted by Crippen LogP contribution is 2.17. The van der Waals surface area contributed by atoms with E-state index in [-0.39, 0.29) is 5.82 Å². The second-order valence-corrected chi connectivity index (χ2v) is 3.40. The molecule has 0 saturated heterocycles. The molecule has 0 unspecified atom stereocenters. The molecule has 0 spiro atoms. The molecule has 0 saturated carbocycles. The Morgan fingerprint density at radius 2 is 2.31 bits per heavy atom. The van der Waals surface area contributed by atoms with Crippen molar-refractivity contribution in [3.63, 3.8) is 0 Å². The summed E-state index contributed by atoms with van der Waals surface area (Å²) >= 11 is 3.27. The average Bonchev–Trinajstić information content (AvgIpc) is 2.09. The molecule has 0 fully saturated rings. The zero-order chi connectivity index (χ0) is 9.68. The summed E-state index contributed by atoms with van der Waals surface area (Å²) in [4.78, 5) is 0. The Hall–Kier alpha value is -0.850. The van der Waals surface area contributed by atoms with E-state index in [1.54, 1.807) is 6.07 Å². The molecule has 13 heavy (non-hydrogen) atoms. The van der Waals surface area contributed by atoms with Gasteiger partial charge in [-0.2, -0.15) is 0 Å². The van der Waals surface area contributed by atoms with Gasteiger partial charge in [0.15, 0.2) is 0 Å². The molecule has 1 nitrogen and oxygen atoms in total. The van der Waals surface area contributed by atoms with Gasteiger partial charge in [-0.3, -0.25) is 0 Å². The smallest absolute Gasteiger partial charge is 0.124 e. The van der Waals surface area contributed by atoms with Gasteiger partial charge in [0.2, 0.25) is 0 Å². The number of rotatable bonds is 3. The molecule has 3 heteroatoms. The summed E-state index contributed by atoms with van der Waals surface area (Å²) < 4.78 is 13.4. The van der Waals surface area contributed by atoms with Crippen LogP contribution in [-0.4, -0.2) is 6.54 Å². The summed E-state index contributed by atoms with van der Waals surface area (Å²) in [7, 11) is 0. The summed E-state index contributed by atoms with van der Waals surface area (Å²) in [5.74, 6) is 2.23. The molecule has 0 aliphatic heterocycles. The van der Waals surface area contributed by atoms with Crippen LogP contribution in [0.2, 0.25) is 0 Å².